The van der Waals surface area contributed by atoms with Crippen molar-refractivity contribution in [2.45, 2.75) is 26.4 Å². The van der Waals surface area contributed by atoms with Gasteiger partial charge in [0.05, 0.1) is 0 Å². The molecule has 0 amide bonds. The molecule has 0 N–H and O–H groups in total. The van der Waals surface area contributed by atoms with Crippen molar-refractivity contribution in [3.05, 3.63) is 0 Å². The molecule has 2 heteroatoms. The largest absolute Gasteiger partial charge is 0.723 e. The highest BCUT2D eigenvalue weighted by atomic mass is 17.1. The molecule has 0 aliphatic rings. The van der Waals surface area contributed by atoms with Gasteiger partial charge in [-0.1, -0.05) is 0 Å². The van der Waals surface area contributed by atoms with Crippen molar-refractivity contribution < 1.29 is 10.1 Å². The normalized spacial score (nSPS) is 12.0. The Bertz CT molecular complexity index is 35.3. The Morgan fingerprint density at radius 2 is 1.50 bits per heavy atom. The molecule has 0 spiro atoms. The van der Waals surface area contributed by atoms with Crippen LogP contribution in [0.25, 0.3) is 0 Å². The molecule has 0 unspecified atom stereocenters. The molecule has 0 aromatic rings. The van der Waals surface area contributed by atoms with Crippen LogP contribution in [0, 0.1) is 0 Å². The zero-order chi connectivity index (χ0) is 5.21. The molecular formula is C4H9O2-. The second kappa shape index (κ2) is 1.58. The van der Waals surface area contributed by atoms with Gasteiger partial charge in [-0.15, -0.1) is 0 Å². The summed E-state index contributed by atoms with van der Waals surface area (Å²) in [6.07, 6.45) is 0. The van der Waals surface area contributed by atoms with Crippen molar-refractivity contribution in [2.24, 2.45) is 0 Å². The van der Waals surface area contributed by atoms with Crippen molar-refractivity contribution in [1.82, 2.24) is 0 Å². The van der Waals surface area contributed by atoms with Gasteiger partial charge in [0.25, 0.3) is 0 Å². The molecule has 0 saturated carbocycles. The molecule has 0 radical (unpaired) electrons. The van der Waals surface area contributed by atoms with Gasteiger partial charge in [-0.3, -0.25) is 0 Å². The summed E-state index contributed by atoms with van der Waals surface area (Å²) in [6, 6.07) is 0. The fraction of sp³-hybridized carbons (Fsp3) is 1.00. The first-order chi connectivity index (χ1) is 2.56. The van der Waals surface area contributed by atoms with Gasteiger partial charge in [-0.2, -0.15) is 0 Å². The summed E-state index contributed by atoms with van der Waals surface area (Å²) in [5.74, 6) is 0. The van der Waals surface area contributed by atoms with E-state index in [4.69, 9.17) is 0 Å². The lowest BCUT2D eigenvalue weighted by Gasteiger charge is -2.22. The second-order valence-corrected chi connectivity index (χ2v) is 2.20. The molecule has 2 nitrogen and oxygen atoms in total. The van der Waals surface area contributed by atoms with Crippen LogP contribution in [0.1, 0.15) is 20.8 Å². The summed E-state index contributed by atoms with van der Waals surface area (Å²) in [4.78, 5) is 3.69. The lowest BCUT2D eigenvalue weighted by Crippen LogP contribution is -2.25. The van der Waals surface area contributed by atoms with E-state index >= 15 is 0 Å². The van der Waals surface area contributed by atoms with Crippen LogP contribution in [0.2, 0.25) is 0 Å². The number of hydrogen-bond acceptors (Lipinski definition) is 2. The van der Waals surface area contributed by atoms with E-state index in [1.807, 2.05) is 0 Å². The van der Waals surface area contributed by atoms with Crippen molar-refractivity contribution in [2.75, 3.05) is 0 Å². The Hall–Kier alpha value is -0.0800. The molecule has 0 atom stereocenters. The third kappa shape index (κ3) is 3.92. The Morgan fingerprint density at radius 3 is 1.50 bits per heavy atom. The molecule has 0 aliphatic carbocycles. The minimum absolute atomic E-state index is 0.514. The lowest BCUT2D eigenvalue weighted by atomic mass is 10.2. The predicted octanol–water partition coefficient (Wildman–Crippen LogP) is 0.0768. The van der Waals surface area contributed by atoms with E-state index in [-0.39, 0.29) is 0 Å². The van der Waals surface area contributed by atoms with Gasteiger partial charge in [0.15, 0.2) is 0 Å². The zero-order valence-electron chi connectivity index (χ0n) is 4.32. The molecule has 0 aromatic carbocycles. The molecule has 38 valence electrons. The molecule has 0 saturated heterocycles. The van der Waals surface area contributed by atoms with Crippen LogP contribution in [-0.2, 0) is 4.89 Å². The van der Waals surface area contributed by atoms with Crippen molar-refractivity contribution in [3.8, 4) is 0 Å². The maximum atomic E-state index is 9.45. The van der Waals surface area contributed by atoms with E-state index in [9.17, 15) is 5.26 Å². The molecule has 0 fully saturated rings. The highest BCUT2D eigenvalue weighted by Gasteiger charge is 2.00. The van der Waals surface area contributed by atoms with Crippen LogP contribution in [0.15, 0.2) is 0 Å². The van der Waals surface area contributed by atoms with Crippen LogP contribution in [0.3, 0.4) is 0 Å². The number of rotatable bonds is 0. The Balaban J connectivity index is 3.17. The van der Waals surface area contributed by atoms with Crippen LogP contribution in [0.5, 0.6) is 0 Å². The highest BCUT2D eigenvalue weighted by Crippen LogP contribution is 1.99. The zero-order valence-corrected chi connectivity index (χ0v) is 4.32. The van der Waals surface area contributed by atoms with E-state index in [1.54, 1.807) is 20.8 Å². The van der Waals surface area contributed by atoms with E-state index < -0.39 is 5.60 Å². The Kier molecular flexibility index (Phi) is 1.56. The number of hydrogen-bond donors (Lipinski definition) is 0. The maximum absolute atomic E-state index is 9.45. The second-order valence-electron chi connectivity index (χ2n) is 2.20. The smallest absolute Gasteiger partial charge is 0.0474 e. The van der Waals surface area contributed by atoms with Crippen LogP contribution < -0.4 is 5.26 Å². The molecule has 0 aromatic heterocycles. The predicted molar refractivity (Wildman–Crippen MR) is 20.8 cm³/mol. The van der Waals surface area contributed by atoms with Crippen LogP contribution in [-0.4, -0.2) is 5.60 Å². The highest BCUT2D eigenvalue weighted by molar-refractivity contribution is 4.53. The first-order valence-electron chi connectivity index (χ1n) is 1.87. The molecule has 0 heterocycles. The molecule has 6 heavy (non-hydrogen) atoms. The fourth-order valence-corrected chi connectivity index (χ4v) is 0. The van der Waals surface area contributed by atoms with Crippen molar-refractivity contribution in [3.63, 3.8) is 0 Å². The summed E-state index contributed by atoms with van der Waals surface area (Å²) < 4.78 is 0. The van der Waals surface area contributed by atoms with Crippen LogP contribution >= 0.6 is 0 Å². The maximum Gasteiger partial charge on any atom is 0.0474 e. The van der Waals surface area contributed by atoms with Crippen LogP contribution in [0.4, 0.5) is 0 Å². The molecule has 0 rings (SSSR count). The van der Waals surface area contributed by atoms with Gasteiger partial charge in [0, 0.05) is 5.60 Å². The quantitative estimate of drug-likeness (QED) is 0.311. The average molecular weight is 89.1 g/mol. The molecule has 0 bridgehead atoms. The third-order valence-electron chi connectivity index (χ3n) is 0.250. The van der Waals surface area contributed by atoms with Gasteiger partial charge >= 0.3 is 0 Å². The first kappa shape index (κ1) is 5.92. The summed E-state index contributed by atoms with van der Waals surface area (Å²) in [6.45, 7) is 5.12. The summed E-state index contributed by atoms with van der Waals surface area (Å²) >= 11 is 0. The fourth-order valence-electron chi connectivity index (χ4n) is 0. The summed E-state index contributed by atoms with van der Waals surface area (Å²) in [7, 11) is 0. The third-order valence-corrected chi connectivity index (χ3v) is 0.250. The molecular weight excluding hydrogens is 80.0 g/mol. The lowest BCUT2D eigenvalue weighted by molar-refractivity contribution is -0.714. The summed E-state index contributed by atoms with van der Waals surface area (Å²) in [5, 5.41) is 9.45. The standard InChI is InChI=1S/C4H10O2/c1-4(2,3)6-5/h5H,1-3H3/p-1. The Morgan fingerprint density at radius 1 is 1.33 bits per heavy atom. The minimum atomic E-state index is -0.514. The van der Waals surface area contributed by atoms with E-state index in [1.165, 1.54) is 0 Å². The van der Waals surface area contributed by atoms with Crippen molar-refractivity contribution in [1.29, 1.82) is 0 Å². The first-order valence-corrected chi connectivity index (χ1v) is 1.87. The van der Waals surface area contributed by atoms with Gasteiger partial charge in [-0.25, -0.2) is 0 Å². The topological polar surface area (TPSA) is 32.3 Å². The van der Waals surface area contributed by atoms with Gasteiger partial charge in [-0.05, 0) is 20.8 Å². The van der Waals surface area contributed by atoms with Gasteiger partial charge < -0.3 is 10.1 Å². The van der Waals surface area contributed by atoms with Gasteiger partial charge in [0.1, 0.15) is 0 Å². The van der Waals surface area contributed by atoms with E-state index in [2.05, 4.69) is 4.89 Å². The SMILES string of the molecule is CC(C)(C)O[O-]. The monoisotopic (exact) mass is 89.1 g/mol. The van der Waals surface area contributed by atoms with E-state index in [0.717, 1.165) is 0 Å². The summed E-state index contributed by atoms with van der Waals surface area (Å²) in [5.41, 5.74) is -0.514. The Labute approximate surface area is 37.7 Å². The van der Waals surface area contributed by atoms with Gasteiger partial charge in [0.2, 0.25) is 0 Å². The average Bonchev–Trinajstić information content (AvgIpc) is 1.35. The molecule has 0 aliphatic heterocycles. The van der Waals surface area contributed by atoms with Crippen molar-refractivity contribution >= 4 is 0 Å². The van der Waals surface area contributed by atoms with E-state index in [0.29, 0.717) is 0 Å². The minimum Gasteiger partial charge on any atom is -0.723 e.